The first kappa shape index (κ1) is 16.9. The number of para-hydroxylation sites is 1. The first-order chi connectivity index (χ1) is 12.7. The van der Waals surface area contributed by atoms with Crippen molar-refractivity contribution in [3.8, 4) is 11.5 Å². The molecule has 0 amide bonds. The summed E-state index contributed by atoms with van der Waals surface area (Å²) in [7, 11) is 4.12. The summed E-state index contributed by atoms with van der Waals surface area (Å²) in [6, 6.07) is 20.9. The molecule has 5 rings (SSSR count). The third-order valence-corrected chi connectivity index (χ3v) is 4.68. The Hall–Kier alpha value is -2.56. The lowest BCUT2D eigenvalue weighted by Crippen LogP contribution is -2.28. The van der Waals surface area contributed by atoms with E-state index in [1.165, 1.54) is 21.9 Å². The summed E-state index contributed by atoms with van der Waals surface area (Å²) < 4.78 is 11.2. The van der Waals surface area contributed by atoms with Crippen LogP contribution < -0.4 is 9.47 Å². The first-order valence-electron chi connectivity index (χ1n) is 8.92. The molecule has 0 spiro atoms. The van der Waals surface area contributed by atoms with E-state index in [0.29, 0.717) is 13.5 Å². The van der Waals surface area contributed by atoms with E-state index < -0.39 is 0 Å². The second-order valence-electron chi connectivity index (χ2n) is 6.96. The van der Waals surface area contributed by atoms with Crippen molar-refractivity contribution in [2.45, 2.75) is 13.1 Å². The van der Waals surface area contributed by atoms with Crippen LogP contribution in [0.4, 0.5) is 0 Å². The van der Waals surface area contributed by atoms with Gasteiger partial charge in [-0.15, -0.1) is 0 Å². The number of hydrogen-bond donors (Lipinski definition) is 0. The topological polar surface area (TPSA) is 24.9 Å². The second-order valence-corrected chi connectivity index (χ2v) is 6.96. The SMILES string of the molecule is CN1COc2c(ccc3ccccc23)C1.CN1COc2ccccc2C1. The summed E-state index contributed by atoms with van der Waals surface area (Å²) in [5.41, 5.74) is 2.56. The molecule has 4 heteroatoms. The average molecular weight is 348 g/mol. The molecular weight excluding hydrogens is 324 g/mol. The predicted molar refractivity (Wildman–Crippen MR) is 104 cm³/mol. The number of fused-ring (bicyclic) bond motifs is 4. The van der Waals surface area contributed by atoms with Gasteiger partial charge in [-0.3, -0.25) is 9.80 Å². The largest absolute Gasteiger partial charge is 0.478 e. The Morgan fingerprint density at radius 3 is 2.27 bits per heavy atom. The highest BCUT2D eigenvalue weighted by atomic mass is 16.5. The van der Waals surface area contributed by atoms with Gasteiger partial charge in [-0.2, -0.15) is 0 Å². The Labute approximate surface area is 154 Å². The van der Waals surface area contributed by atoms with Crippen molar-refractivity contribution >= 4 is 10.8 Å². The summed E-state index contributed by atoms with van der Waals surface area (Å²) in [5.74, 6) is 2.09. The Morgan fingerprint density at radius 1 is 0.692 bits per heavy atom. The summed E-state index contributed by atoms with van der Waals surface area (Å²) in [6.45, 7) is 3.36. The zero-order valence-corrected chi connectivity index (χ0v) is 15.3. The minimum Gasteiger partial charge on any atom is -0.478 e. The van der Waals surface area contributed by atoms with Crippen LogP contribution in [0.25, 0.3) is 10.8 Å². The molecule has 0 fully saturated rings. The van der Waals surface area contributed by atoms with Crippen molar-refractivity contribution in [2.75, 3.05) is 27.6 Å². The van der Waals surface area contributed by atoms with E-state index >= 15 is 0 Å². The summed E-state index contributed by atoms with van der Waals surface area (Å²) in [6.07, 6.45) is 0. The van der Waals surface area contributed by atoms with Gasteiger partial charge in [-0.1, -0.05) is 54.6 Å². The lowest BCUT2D eigenvalue weighted by atomic mass is 10.0. The highest BCUT2D eigenvalue weighted by molar-refractivity contribution is 5.89. The van der Waals surface area contributed by atoms with Gasteiger partial charge in [-0.05, 0) is 25.5 Å². The van der Waals surface area contributed by atoms with Crippen LogP contribution >= 0.6 is 0 Å². The molecule has 3 aromatic carbocycles. The van der Waals surface area contributed by atoms with Crippen LogP contribution in [0.3, 0.4) is 0 Å². The van der Waals surface area contributed by atoms with E-state index in [4.69, 9.17) is 9.47 Å². The average Bonchev–Trinajstić information content (AvgIpc) is 2.68. The fourth-order valence-electron chi connectivity index (χ4n) is 3.39. The molecule has 2 heterocycles. The Bertz CT molecular complexity index is 910. The third-order valence-electron chi connectivity index (χ3n) is 4.68. The van der Waals surface area contributed by atoms with E-state index in [1.54, 1.807) is 0 Å². The molecule has 134 valence electrons. The summed E-state index contributed by atoms with van der Waals surface area (Å²) >= 11 is 0. The Morgan fingerprint density at radius 2 is 1.38 bits per heavy atom. The van der Waals surface area contributed by atoms with Crippen molar-refractivity contribution in [1.29, 1.82) is 0 Å². The number of ether oxygens (including phenoxy) is 2. The van der Waals surface area contributed by atoms with Gasteiger partial charge in [0.1, 0.15) is 25.0 Å². The van der Waals surface area contributed by atoms with Crippen molar-refractivity contribution in [3.63, 3.8) is 0 Å². The van der Waals surface area contributed by atoms with E-state index in [1.807, 2.05) is 18.2 Å². The lowest BCUT2D eigenvalue weighted by molar-refractivity contribution is 0.121. The lowest BCUT2D eigenvalue weighted by Gasteiger charge is -2.26. The number of nitrogens with zero attached hydrogens (tertiary/aromatic N) is 2. The maximum Gasteiger partial charge on any atom is 0.142 e. The van der Waals surface area contributed by atoms with Crippen molar-refractivity contribution in [1.82, 2.24) is 9.80 Å². The van der Waals surface area contributed by atoms with Gasteiger partial charge >= 0.3 is 0 Å². The molecule has 0 saturated heterocycles. The van der Waals surface area contributed by atoms with Crippen LogP contribution in [0, 0.1) is 0 Å². The molecule has 2 aliphatic rings. The summed E-state index contributed by atoms with van der Waals surface area (Å²) in [5, 5.41) is 2.48. The van der Waals surface area contributed by atoms with Crippen molar-refractivity contribution in [3.05, 3.63) is 71.8 Å². The molecule has 0 unspecified atom stereocenters. The molecule has 2 aliphatic heterocycles. The third kappa shape index (κ3) is 3.52. The zero-order chi connectivity index (χ0) is 17.9. The number of hydrogen-bond acceptors (Lipinski definition) is 4. The molecule has 3 aromatic rings. The minimum absolute atomic E-state index is 0.682. The first-order valence-corrected chi connectivity index (χ1v) is 8.92. The van der Waals surface area contributed by atoms with Crippen LogP contribution in [-0.4, -0.2) is 37.4 Å². The highest BCUT2D eigenvalue weighted by Gasteiger charge is 2.16. The molecule has 0 saturated carbocycles. The van der Waals surface area contributed by atoms with E-state index in [2.05, 4.69) is 66.4 Å². The van der Waals surface area contributed by atoms with Gasteiger partial charge in [-0.25, -0.2) is 0 Å². The van der Waals surface area contributed by atoms with Gasteiger partial charge in [0.25, 0.3) is 0 Å². The number of rotatable bonds is 0. The van der Waals surface area contributed by atoms with Crippen LogP contribution in [0.2, 0.25) is 0 Å². The maximum absolute atomic E-state index is 5.77. The molecule has 0 aliphatic carbocycles. The second kappa shape index (κ2) is 7.36. The Balaban J connectivity index is 0.000000136. The van der Waals surface area contributed by atoms with E-state index in [9.17, 15) is 0 Å². The quantitative estimate of drug-likeness (QED) is 0.611. The van der Waals surface area contributed by atoms with Crippen LogP contribution in [0.1, 0.15) is 11.1 Å². The van der Waals surface area contributed by atoms with Gasteiger partial charge in [0.05, 0.1) is 0 Å². The molecule has 0 atom stereocenters. The molecule has 4 nitrogen and oxygen atoms in total. The molecular formula is C22H24N2O2. The molecule has 26 heavy (non-hydrogen) atoms. The molecule has 0 radical (unpaired) electrons. The summed E-state index contributed by atoms with van der Waals surface area (Å²) in [4.78, 5) is 4.30. The van der Waals surface area contributed by atoms with Crippen LogP contribution in [-0.2, 0) is 13.1 Å². The van der Waals surface area contributed by atoms with Crippen LogP contribution in [0.15, 0.2) is 60.7 Å². The molecule has 0 N–H and O–H groups in total. The zero-order valence-electron chi connectivity index (χ0n) is 15.3. The van der Waals surface area contributed by atoms with E-state index in [0.717, 1.165) is 24.6 Å². The number of benzene rings is 3. The van der Waals surface area contributed by atoms with Gasteiger partial charge in [0, 0.05) is 29.6 Å². The highest BCUT2D eigenvalue weighted by Crippen LogP contribution is 2.32. The molecule has 0 bridgehead atoms. The normalized spacial score (nSPS) is 16.5. The van der Waals surface area contributed by atoms with Crippen molar-refractivity contribution < 1.29 is 9.47 Å². The van der Waals surface area contributed by atoms with Crippen LogP contribution in [0.5, 0.6) is 11.5 Å². The van der Waals surface area contributed by atoms with Crippen molar-refractivity contribution in [2.24, 2.45) is 0 Å². The van der Waals surface area contributed by atoms with Gasteiger partial charge in [0.15, 0.2) is 0 Å². The smallest absolute Gasteiger partial charge is 0.142 e. The fourth-order valence-corrected chi connectivity index (χ4v) is 3.39. The molecule has 0 aromatic heterocycles. The van der Waals surface area contributed by atoms with Gasteiger partial charge in [0.2, 0.25) is 0 Å². The van der Waals surface area contributed by atoms with E-state index in [-0.39, 0.29) is 0 Å². The van der Waals surface area contributed by atoms with Gasteiger partial charge < -0.3 is 9.47 Å². The maximum atomic E-state index is 5.77. The Kier molecular flexibility index (Phi) is 4.78. The fraction of sp³-hybridized carbons (Fsp3) is 0.273. The minimum atomic E-state index is 0.682. The standard InChI is InChI=1S/C13H13NO.C9H11NO/c1-14-8-11-7-6-10-4-2-3-5-12(10)13(11)15-9-14;1-10-6-8-4-2-3-5-9(8)11-7-10/h2-7H,8-9H2,1H3;2-5H,6-7H2,1H3. The monoisotopic (exact) mass is 348 g/mol. The predicted octanol–water partition coefficient (Wildman–Crippen LogP) is 4.09.